The van der Waals surface area contributed by atoms with Crippen LogP contribution in [-0.2, 0) is 24.0 Å². The summed E-state index contributed by atoms with van der Waals surface area (Å²) >= 11 is 1.32. The highest BCUT2D eigenvalue weighted by molar-refractivity contribution is 7.99. The predicted octanol–water partition coefficient (Wildman–Crippen LogP) is 1.35. The Morgan fingerprint density at radius 2 is 1.77 bits per heavy atom. The van der Waals surface area contributed by atoms with Crippen LogP contribution in [0.1, 0.15) is 63.4 Å². The van der Waals surface area contributed by atoms with Crippen LogP contribution in [0.3, 0.4) is 0 Å². The molecule has 1 aromatic carbocycles. The molecule has 11 nitrogen and oxygen atoms in total. The monoisotopic (exact) mass is 574 g/mol. The summed E-state index contributed by atoms with van der Waals surface area (Å²) in [7, 11) is 0. The van der Waals surface area contributed by atoms with Gasteiger partial charge in [0.25, 0.3) is 0 Å². The van der Waals surface area contributed by atoms with Crippen LogP contribution >= 0.6 is 11.8 Å². The number of carboxylic acid groups (broad SMARTS) is 1. The van der Waals surface area contributed by atoms with Crippen molar-refractivity contribution in [3.8, 4) is 5.75 Å². The normalized spacial score (nSPS) is 27.6. The Balaban J connectivity index is 1.52. The van der Waals surface area contributed by atoms with Gasteiger partial charge in [0.15, 0.2) is 0 Å². The fourth-order valence-corrected chi connectivity index (χ4v) is 7.18. The molecule has 12 heteroatoms. The number of nitrogens with one attached hydrogen (secondary N) is 3. The third-order valence-corrected chi connectivity index (χ3v) is 9.50. The van der Waals surface area contributed by atoms with Gasteiger partial charge >= 0.3 is 5.97 Å². The van der Waals surface area contributed by atoms with Crippen LogP contribution < -0.4 is 16.0 Å². The van der Waals surface area contributed by atoms with Crippen LogP contribution in [0.2, 0.25) is 0 Å². The lowest BCUT2D eigenvalue weighted by Gasteiger charge is -2.30. The third-order valence-electron chi connectivity index (χ3n) is 8.41. The highest BCUT2D eigenvalue weighted by Crippen LogP contribution is 2.41. The summed E-state index contributed by atoms with van der Waals surface area (Å²) in [6, 6.07) is 3.81. The first-order chi connectivity index (χ1) is 19.1. The number of hydrogen-bond donors (Lipinski definition) is 5. The number of carboxylic acids is 1. The molecule has 40 heavy (non-hydrogen) atoms. The maximum absolute atomic E-state index is 13.7. The van der Waals surface area contributed by atoms with Crippen molar-refractivity contribution in [2.45, 2.75) is 75.9 Å². The van der Waals surface area contributed by atoms with Crippen LogP contribution in [0.4, 0.5) is 0 Å². The number of phenolic OH excluding ortho intramolecular Hbond substituents is 1. The Bertz CT molecular complexity index is 1120. The molecule has 2 aliphatic heterocycles. The number of carbonyl (C=O) groups is 5. The summed E-state index contributed by atoms with van der Waals surface area (Å²) < 4.78 is 0. The summed E-state index contributed by atoms with van der Waals surface area (Å²) in [6.45, 7) is 2.03. The van der Waals surface area contributed by atoms with Crippen molar-refractivity contribution in [3.63, 3.8) is 0 Å². The maximum atomic E-state index is 13.7. The molecular weight excluding hydrogens is 536 g/mol. The van der Waals surface area contributed by atoms with E-state index in [0.717, 1.165) is 18.4 Å². The van der Waals surface area contributed by atoms with Crippen molar-refractivity contribution in [1.82, 2.24) is 20.9 Å². The van der Waals surface area contributed by atoms with Crippen LogP contribution in [0.5, 0.6) is 5.75 Å². The number of aromatic hydroxyl groups is 1. The van der Waals surface area contributed by atoms with Gasteiger partial charge in [-0.15, -0.1) is 0 Å². The molecule has 4 atom stereocenters. The summed E-state index contributed by atoms with van der Waals surface area (Å²) in [4.78, 5) is 65.9. The lowest BCUT2D eigenvalue weighted by Crippen LogP contribution is -2.55. The molecule has 1 aromatic rings. The molecule has 3 aliphatic rings. The van der Waals surface area contributed by atoms with Crippen LogP contribution in [0.15, 0.2) is 24.3 Å². The number of hydrogen-bond acceptors (Lipinski definition) is 7. The van der Waals surface area contributed by atoms with Crippen LogP contribution in [0, 0.1) is 5.41 Å². The van der Waals surface area contributed by atoms with Crippen molar-refractivity contribution < 1.29 is 34.2 Å². The van der Waals surface area contributed by atoms with Gasteiger partial charge < -0.3 is 31.1 Å². The fourth-order valence-electron chi connectivity index (χ4n) is 6.14. The fraction of sp³-hybridized carbons (Fsp3) is 0.607. The van der Waals surface area contributed by atoms with Crippen LogP contribution in [0.25, 0.3) is 0 Å². The number of nitrogens with zero attached hydrogens (tertiary/aromatic N) is 1. The van der Waals surface area contributed by atoms with E-state index in [2.05, 4.69) is 16.0 Å². The largest absolute Gasteiger partial charge is 0.508 e. The topological polar surface area (TPSA) is 165 Å². The molecule has 2 heterocycles. The van der Waals surface area contributed by atoms with Gasteiger partial charge in [-0.25, -0.2) is 4.79 Å². The molecule has 2 saturated heterocycles. The molecule has 218 valence electrons. The van der Waals surface area contributed by atoms with E-state index in [0.29, 0.717) is 38.0 Å². The van der Waals surface area contributed by atoms with Crippen molar-refractivity contribution in [1.29, 1.82) is 0 Å². The van der Waals surface area contributed by atoms with Gasteiger partial charge in [0.05, 0.1) is 5.41 Å². The van der Waals surface area contributed by atoms with E-state index in [1.54, 1.807) is 24.3 Å². The zero-order valence-corrected chi connectivity index (χ0v) is 23.5. The van der Waals surface area contributed by atoms with E-state index in [1.807, 2.05) is 0 Å². The lowest BCUT2D eigenvalue weighted by molar-refractivity contribution is -0.144. The molecule has 0 radical (unpaired) electrons. The summed E-state index contributed by atoms with van der Waals surface area (Å²) in [5, 5.41) is 27.9. The molecule has 4 rings (SSSR count). The average molecular weight is 575 g/mol. The second-order valence-electron chi connectivity index (χ2n) is 11.0. The van der Waals surface area contributed by atoms with Gasteiger partial charge in [-0.1, -0.05) is 25.0 Å². The summed E-state index contributed by atoms with van der Waals surface area (Å²) in [5.74, 6) is -2.05. The molecule has 4 amide bonds. The summed E-state index contributed by atoms with van der Waals surface area (Å²) in [6.07, 6.45) is 4.14. The van der Waals surface area contributed by atoms with Crippen molar-refractivity contribution in [2.75, 3.05) is 24.6 Å². The zero-order chi connectivity index (χ0) is 28.9. The molecule has 1 saturated carbocycles. The van der Waals surface area contributed by atoms with Gasteiger partial charge in [0.2, 0.25) is 23.6 Å². The van der Waals surface area contributed by atoms with E-state index in [-0.39, 0.29) is 48.1 Å². The Morgan fingerprint density at radius 3 is 2.42 bits per heavy atom. The Kier molecular flexibility index (Phi) is 9.60. The molecule has 0 aromatic heterocycles. The van der Waals surface area contributed by atoms with Gasteiger partial charge in [-0.3, -0.25) is 19.2 Å². The van der Waals surface area contributed by atoms with Crippen molar-refractivity contribution >= 4 is 41.4 Å². The molecule has 0 bridgehead atoms. The zero-order valence-electron chi connectivity index (χ0n) is 22.7. The Hall–Kier alpha value is -3.28. The number of carbonyl (C=O) groups excluding carboxylic acids is 4. The highest BCUT2D eigenvalue weighted by Gasteiger charge is 2.44. The minimum absolute atomic E-state index is 0.102. The molecule has 1 aliphatic carbocycles. The lowest BCUT2D eigenvalue weighted by atomic mass is 9.81. The van der Waals surface area contributed by atoms with Crippen molar-refractivity contribution in [3.05, 3.63) is 29.8 Å². The minimum Gasteiger partial charge on any atom is -0.508 e. The standard InChI is InChI=1S/C28H38N4O7S/c1-17(33)32-14-8-20(18-4-6-19(34)7-5-18)23(32)25(36)30-22-16-40-15-9-21(26(37)38)31-27(39)28(10-2-3-11-28)12-13-29-24(22)35/h4-7,20-23,34H,2-3,8-16H2,1H3,(H,29,35)(H,30,36)(H,31,39)(H,37,38)/t20-,21-,22?,23+/m0/s1. The summed E-state index contributed by atoms with van der Waals surface area (Å²) in [5.41, 5.74) is 0.0959. The van der Waals surface area contributed by atoms with E-state index >= 15 is 0 Å². The second kappa shape index (κ2) is 12.9. The smallest absolute Gasteiger partial charge is 0.326 e. The van der Waals surface area contributed by atoms with Gasteiger partial charge in [0.1, 0.15) is 23.9 Å². The minimum atomic E-state index is -1.10. The average Bonchev–Trinajstić information content (AvgIpc) is 3.58. The van der Waals surface area contributed by atoms with Gasteiger partial charge in [-0.05, 0) is 55.6 Å². The number of likely N-dealkylation sites (tertiary alicyclic amines) is 1. The molecule has 3 fully saturated rings. The third kappa shape index (κ3) is 6.71. The first-order valence-corrected chi connectivity index (χ1v) is 15.0. The predicted molar refractivity (Wildman–Crippen MR) is 149 cm³/mol. The van der Waals surface area contributed by atoms with E-state index in [1.165, 1.54) is 23.6 Å². The quantitative estimate of drug-likeness (QED) is 0.360. The highest BCUT2D eigenvalue weighted by atomic mass is 32.2. The molecule has 5 N–H and O–H groups in total. The second-order valence-corrected chi connectivity index (χ2v) is 12.1. The first-order valence-electron chi connectivity index (χ1n) is 13.9. The SMILES string of the molecule is CC(=O)N1CC[C@@H](c2ccc(O)cc2)[C@@H]1C(=O)NC1CSCC[C@@H](C(=O)O)NC(=O)C2(CCCC2)CCNC1=O. The number of rotatable bonds is 4. The Morgan fingerprint density at radius 1 is 1.07 bits per heavy atom. The van der Waals surface area contributed by atoms with Crippen molar-refractivity contribution in [2.24, 2.45) is 5.41 Å². The van der Waals surface area contributed by atoms with Crippen LogP contribution in [-0.4, -0.2) is 87.4 Å². The van der Waals surface area contributed by atoms with E-state index in [9.17, 15) is 34.2 Å². The van der Waals surface area contributed by atoms with Gasteiger partial charge in [-0.2, -0.15) is 11.8 Å². The van der Waals surface area contributed by atoms with Gasteiger partial charge in [0, 0.05) is 31.7 Å². The number of thioether (sulfide) groups is 1. The number of amides is 4. The first kappa shape index (κ1) is 29.7. The van der Waals surface area contributed by atoms with E-state index in [4.69, 9.17) is 0 Å². The Labute approximate surface area is 237 Å². The van der Waals surface area contributed by atoms with E-state index < -0.39 is 35.4 Å². The number of benzene rings is 1. The number of phenols is 1. The maximum Gasteiger partial charge on any atom is 0.326 e. The molecule has 1 spiro atoms. The molecule has 1 unspecified atom stereocenters. The molecular formula is C28H38N4O7S. The number of aliphatic carboxylic acids is 1.